The van der Waals surface area contributed by atoms with E-state index in [0.29, 0.717) is 18.2 Å². The summed E-state index contributed by atoms with van der Waals surface area (Å²) in [4.78, 5) is 4.14. The van der Waals surface area contributed by atoms with Gasteiger partial charge in [-0.15, -0.1) is 0 Å². The summed E-state index contributed by atoms with van der Waals surface area (Å²) in [5.41, 5.74) is 0.955. The van der Waals surface area contributed by atoms with E-state index in [-0.39, 0.29) is 0 Å². The van der Waals surface area contributed by atoms with Crippen molar-refractivity contribution in [1.29, 1.82) is 5.26 Å². The molecule has 4 nitrogen and oxygen atoms in total. The molecular weight excluding hydrogens is 188 g/mol. The van der Waals surface area contributed by atoms with E-state index in [1.54, 1.807) is 4.68 Å². The maximum Gasteiger partial charge on any atom is 0.231 e. The molecule has 0 aliphatic carbocycles. The first kappa shape index (κ1) is 11.2. The van der Waals surface area contributed by atoms with Gasteiger partial charge in [0.25, 0.3) is 0 Å². The quantitative estimate of drug-likeness (QED) is 0.706. The number of hydrogen-bond acceptors (Lipinski definition) is 3. The van der Waals surface area contributed by atoms with E-state index >= 15 is 0 Å². The lowest BCUT2D eigenvalue weighted by molar-refractivity contribution is 0.646. The largest absolute Gasteiger partial charge is 0.237 e. The number of aryl methyl sites for hydroxylation is 1. The molecule has 0 saturated heterocycles. The molecule has 0 aliphatic rings. The highest BCUT2D eigenvalue weighted by atomic mass is 15.3. The molecular formula is C11H14N4. The van der Waals surface area contributed by atoms with Crippen LogP contribution in [0.2, 0.25) is 0 Å². The SMILES string of the molecule is CC=CC=C(C)c1nc(C#N)n(CC)n1. The Hall–Kier alpha value is -1.89. The smallest absolute Gasteiger partial charge is 0.231 e. The summed E-state index contributed by atoms with van der Waals surface area (Å²) >= 11 is 0. The van der Waals surface area contributed by atoms with Gasteiger partial charge in [0.1, 0.15) is 6.07 Å². The fourth-order valence-corrected chi connectivity index (χ4v) is 1.13. The molecule has 15 heavy (non-hydrogen) atoms. The molecule has 0 radical (unpaired) electrons. The maximum atomic E-state index is 8.81. The zero-order chi connectivity index (χ0) is 11.3. The summed E-state index contributed by atoms with van der Waals surface area (Å²) in [6, 6.07) is 2.02. The molecule has 0 N–H and O–H groups in total. The summed E-state index contributed by atoms with van der Waals surface area (Å²) in [7, 11) is 0. The van der Waals surface area contributed by atoms with Crippen LogP contribution in [0.5, 0.6) is 0 Å². The monoisotopic (exact) mass is 202 g/mol. The average Bonchev–Trinajstić information content (AvgIpc) is 2.68. The summed E-state index contributed by atoms with van der Waals surface area (Å²) in [5.74, 6) is 0.979. The second-order valence-corrected chi connectivity index (χ2v) is 3.06. The second-order valence-electron chi connectivity index (χ2n) is 3.06. The van der Waals surface area contributed by atoms with Crippen molar-refractivity contribution in [3.05, 3.63) is 29.9 Å². The Balaban J connectivity index is 3.07. The van der Waals surface area contributed by atoms with Crippen LogP contribution in [0, 0.1) is 11.3 Å². The number of hydrogen-bond donors (Lipinski definition) is 0. The Morgan fingerprint density at radius 1 is 1.60 bits per heavy atom. The zero-order valence-corrected chi connectivity index (χ0v) is 9.23. The van der Waals surface area contributed by atoms with E-state index in [4.69, 9.17) is 5.26 Å². The number of allylic oxidation sites excluding steroid dienone is 4. The highest BCUT2D eigenvalue weighted by Gasteiger charge is 2.08. The van der Waals surface area contributed by atoms with E-state index in [0.717, 1.165) is 5.57 Å². The van der Waals surface area contributed by atoms with E-state index in [1.165, 1.54) is 0 Å². The normalized spacial score (nSPS) is 12.0. The van der Waals surface area contributed by atoms with Crippen LogP contribution in [0.15, 0.2) is 18.2 Å². The Labute approximate surface area is 89.6 Å². The van der Waals surface area contributed by atoms with Crippen molar-refractivity contribution in [1.82, 2.24) is 14.8 Å². The summed E-state index contributed by atoms with van der Waals surface area (Å²) in [6.07, 6.45) is 5.79. The molecule has 0 spiro atoms. The minimum atomic E-state index is 0.362. The Morgan fingerprint density at radius 3 is 2.80 bits per heavy atom. The van der Waals surface area contributed by atoms with Crippen molar-refractivity contribution in [2.24, 2.45) is 0 Å². The van der Waals surface area contributed by atoms with E-state index in [9.17, 15) is 0 Å². The number of rotatable bonds is 3. The summed E-state index contributed by atoms with van der Waals surface area (Å²) in [5, 5.41) is 13.0. The van der Waals surface area contributed by atoms with Gasteiger partial charge in [-0.05, 0) is 26.3 Å². The lowest BCUT2D eigenvalue weighted by atomic mass is 10.2. The fraction of sp³-hybridized carbons (Fsp3) is 0.364. The highest BCUT2D eigenvalue weighted by molar-refractivity contribution is 5.59. The molecule has 1 rings (SSSR count). The summed E-state index contributed by atoms with van der Waals surface area (Å²) < 4.78 is 1.60. The van der Waals surface area contributed by atoms with Gasteiger partial charge in [0.15, 0.2) is 5.82 Å². The molecule has 0 bridgehead atoms. The van der Waals surface area contributed by atoms with Crippen LogP contribution >= 0.6 is 0 Å². The Morgan fingerprint density at radius 2 is 2.33 bits per heavy atom. The maximum absolute atomic E-state index is 8.81. The number of nitriles is 1. The van der Waals surface area contributed by atoms with Gasteiger partial charge in [0.2, 0.25) is 5.82 Å². The van der Waals surface area contributed by atoms with E-state index in [2.05, 4.69) is 10.1 Å². The van der Waals surface area contributed by atoms with Crippen molar-refractivity contribution in [3.63, 3.8) is 0 Å². The molecule has 0 amide bonds. The summed E-state index contributed by atoms with van der Waals surface area (Å²) in [6.45, 7) is 6.47. The predicted octanol–water partition coefficient (Wildman–Crippen LogP) is 2.15. The van der Waals surface area contributed by atoms with Crippen LogP contribution in [0.3, 0.4) is 0 Å². The molecule has 1 heterocycles. The van der Waals surface area contributed by atoms with Gasteiger partial charge in [0, 0.05) is 6.54 Å². The van der Waals surface area contributed by atoms with Gasteiger partial charge in [-0.3, -0.25) is 0 Å². The van der Waals surface area contributed by atoms with Gasteiger partial charge in [-0.25, -0.2) is 4.68 Å². The van der Waals surface area contributed by atoms with Crippen molar-refractivity contribution < 1.29 is 0 Å². The molecule has 0 aromatic carbocycles. The topological polar surface area (TPSA) is 54.5 Å². The second kappa shape index (κ2) is 5.11. The molecule has 78 valence electrons. The first-order valence-corrected chi connectivity index (χ1v) is 4.87. The third kappa shape index (κ3) is 2.53. The van der Waals surface area contributed by atoms with Gasteiger partial charge in [0.05, 0.1) is 0 Å². The van der Waals surface area contributed by atoms with Crippen molar-refractivity contribution >= 4 is 5.57 Å². The fourth-order valence-electron chi connectivity index (χ4n) is 1.13. The van der Waals surface area contributed by atoms with Crippen LogP contribution in [-0.2, 0) is 6.54 Å². The Bertz CT molecular complexity index is 432. The lowest BCUT2D eigenvalue weighted by Gasteiger charge is -1.92. The van der Waals surface area contributed by atoms with Crippen molar-refractivity contribution in [2.45, 2.75) is 27.3 Å². The molecule has 1 aromatic rings. The molecule has 1 aromatic heterocycles. The van der Waals surface area contributed by atoms with Crippen molar-refractivity contribution in [3.8, 4) is 6.07 Å². The van der Waals surface area contributed by atoms with Crippen LogP contribution < -0.4 is 0 Å². The molecule has 0 saturated carbocycles. The number of aromatic nitrogens is 3. The zero-order valence-electron chi connectivity index (χ0n) is 9.23. The molecule has 4 heteroatoms. The lowest BCUT2D eigenvalue weighted by Crippen LogP contribution is -1.99. The molecule has 0 fully saturated rings. The standard InChI is InChI=1S/C11H14N4/c1-4-6-7-9(3)11-13-10(8-12)15(5-2)14-11/h4,6-7H,5H2,1-3H3. The third-order valence-corrected chi connectivity index (χ3v) is 1.96. The van der Waals surface area contributed by atoms with E-state index in [1.807, 2.05) is 45.1 Å². The van der Waals surface area contributed by atoms with Gasteiger partial charge in [-0.1, -0.05) is 18.2 Å². The van der Waals surface area contributed by atoms with Crippen LogP contribution in [0.4, 0.5) is 0 Å². The average molecular weight is 202 g/mol. The highest BCUT2D eigenvalue weighted by Crippen LogP contribution is 2.09. The minimum absolute atomic E-state index is 0.362. The van der Waals surface area contributed by atoms with Crippen molar-refractivity contribution in [2.75, 3.05) is 0 Å². The molecule has 0 aliphatic heterocycles. The van der Waals surface area contributed by atoms with Gasteiger partial charge in [-0.2, -0.15) is 15.3 Å². The molecule has 0 unspecified atom stereocenters. The van der Waals surface area contributed by atoms with Crippen LogP contribution in [0.25, 0.3) is 5.57 Å². The van der Waals surface area contributed by atoms with Gasteiger partial charge >= 0.3 is 0 Å². The van der Waals surface area contributed by atoms with Crippen LogP contribution in [-0.4, -0.2) is 14.8 Å². The first-order valence-electron chi connectivity index (χ1n) is 4.87. The van der Waals surface area contributed by atoms with Gasteiger partial charge < -0.3 is 0 Å². The first-order chi connectivity index (χ1) is 7.22. The number of nitrogens with zero attached hydrogens (tertiary/aromatic N) is 4. The predicted molar refractivity (Wildman–Crippen MR) is 58.9 cm³/mol. The van der Waals surface area contributed by atoms with Crippen LogP contribution in [0.1, 0.15) is 32.4 Å². The molecule has 0 atom stereocenters. The Kier molecular flexibility index (Phi) is 3.81. The van der Waals surface area contributed by atoms with E-state index < -0.39 is 0 Å². The minimum Gasteiger partial charge on any atom is -0.237 e. The third-order valence-electron chi connectivity index (χ3n) is 1.96.